The zero-order valence-electron chi connectivity index (χ0n) is 15.6. The van der Waals surface area contributed by atoms with Crippen LogP contribution in [0.1, 0.15) is 43.2 Å². The van der Waals surface area contributed by atoms with Crippen LogP contribution < -0.4 is 16.2 Å². The second-order valence-electron chi connectivity index (χ2n) is 7.63. The largest absolute Gasteiger partial charge is 0.368 e. The number of piperidine rings is 1. The summed E-state index contributed by atoms with van der Waals surface area (Å²) in [5, 5.41) is 9.23. The predicted molar refractivity (Wildman–Crippen MR) is 109 cm³/mol. The Hall–Kier alpha value is -2.55. The van der Waals surface area contributed by atoms with Crippen LogP contribution >= 0.6 is 11.3 Å². The summed E-state index contributed by atoms with van der Waals surface area (Å²) >= 11 is 1.35. The van der Waals surface area contributed by atoms with Crippen molar-refractivity contribution >= 4 is 43.5 Å². The summed E-state index contributed by atoms with van der Waals surface area (Å²) < 4.78 is 1.54. The van der Waals surface area contributed by atoms with Gasteiger partial charge < -0.3 is 10.6 Å². The quantitative estimate of drug-likeness (QED) is 0.720. The van der Waals surface area contributed by atoms with Gasteiger partial charge in [0.05, 0.1) is 0 Å². The van der Waals surface area contributed by atoms with Gasteiger partial charge in [0, 0.05) is 18.5 Å². The molecule has 2 aliphatic rings. The van der Waals surface area contributed by atoms with E-state index in [-0.39, 0.29) is 12.1 Å². The summed E-state index contributed by atoms with van der Waals surface area (Å²) in [6.45, 7) is 1.82. The van der Waals surface area contributed by atoms with E-state index in [1.165, 1.54) is 48.1 Å². The monoisotopic (exact) mass is 398 g/mol. The fourth-order valence-corrected chi connectivity index (χ4v) is 5.55. The first-order valence-electron chi connectivity index (χ1n) is 9.88. The fourth-order valence-electron chi connectivity index (χ4n) is 4.47. The molecule has 1 saturated heterocycles. The van der Waals surface area contributed by atoms with Crippen molar-refractivity contribution < 1.29 is 4.79 Å². The van der Waals surface area contributed by atoms with E-state index < -0.39 is 5.91 Å². The Morgan fingerprint density at radius 1 is 1.07 bits per heavy atom. The lowest BCUT2D eigenvalue weighted by Crippen LogP contribution is -2.31. The lowest BCUT2D eigenvalue weighted by molar-refractivity contribution is -0.118. The van der Waals surface area contributed by atoms with Crippen molar-refractivity contribution in [1.82, 2.24) is 20.0 Å². The lowest BCUT2D eigenvalue weighted by atomic mass is 9.89. The van der Waals surface area contributed by atoms with Crippen LogP contribution in [0.2, 0.25) is 0 Å². The molecule has 0 saturated carbocycles. The van der Waals surface area contributed by atoms with E-state index in [1.54, 1.807) is 0 Å². The molecule has 1 amide bonds. The topological polar surface area (TPSA) is 107 Å². The van der Waals surface area contributed by atoms with Crippen molar-refractivity contribution in [2.24, 2.45) is 5.73 Å². The minimum absolute atomic E-state index is 0.263. The minimum atomic E-state index is -0.611. The number of carbonyl (C=O) groups is 1. The maximum absolute atomic E-state index is 12.8. The molecule has 0 bridgehead atoms. The number of primary amides is 1. The third-order valence-corrected chi connectivity index (χ3v) is 6.81. The van der Waals surface area contributed by atoms with Crippen LogP contribution in [-0.4, -0.2) is 39.0 Å². The van der Waals surface area contributed by atoms with Crippen LogP contribution in [0.15, 0.2) is 4.79 Å². The van der Waals surface area contributed by atoms with Gasteiger partial charge in [0.1, 0.15) is 27.4 Å². The van der Waals surface area contributed by atoms with Gasteiger partial charge in [-0.3, -0.25) is 9.59 Å². The molecule has 1 aliphatic carbocycles. The zero-order valence-corrected chi connectivity index (χ0v) is 16.4. The van der Waals surface area contributed by atoms with Gasteiger partial charge in [0.15, 0.2) is 0 Å². The van der Waals surface area contributed by atoms with Gasteiger partial charge in [0.2, 0.25) is 5.91 Å². The van der Waals surface area contributed by atoms with E-state index in [1.807, 2.05) is 0 Å². The Morgan fingerprint density at radius 3 is 2.57 bits per heavy atom. The summed E-state index contributed by atoms with van der Waals surface area (Å²) in [4.78, 5) is 32.3. The van der Waals surface area contributed by atoms with Gasteiger partial charge in [-0.25, -0.2) is 9.67 Å². The van der Waals surface area contributed by atoms with Gasteiger partial charge in [0.25, 0.3) is 5.56 Å². The Bertz CT molecular complexity index is 1140. The Balaban J connectivity index is 1.76. The number of pyridine rings is 1. The molecule has 146 valence electrons. The Morgan fingerprint density at radius 2 is 1.82 bits per heavy atom. The zero-order chi connectivity index (χ0) is 19.3. The molecule has 9 heteroatoms. The second kappa shape index (κ2) is 6.80. The average molecular weight is 398 g/mol. The van der Waals surface area contributed by atoms with Crippen molar-refractivity contribution in [3.63, 3.8) is 0 Å². The minimum Gasteiger partial charge on any atom is -0.368 e. The number of carbonyl (C=O) groups excluding carboxylic acids is 1. The number of anilines is 1. The smallest absolute Gasteiger partial charge is 0.288 e. The highest BCUT2D eigenvalue weighted by Crippen LogP contribution is 2.40. The molecule has 0 atom stereocenters. The molecule has 0 radical (unpaired) electrons. The van der Waals surface area contributed by atoms with E-state index in [2.05, 4.69) is 15.2 Å². The number of hydrogen-bond donors (Lipinski definition) is 1. The normalized spacial score (nSPS) is 17.2. The second-order valence-corrected chi connectivity index (χ2v) is 8.62. The molecule has 5 rings (SSSR count). The SMILES string of the molecule is NC(=O)Cn1nnc2c(sc3nc(N4CCCCC4)c4c(c32)CCCC4)c1=O. The fraction of sp³-hybridized carbons (Fsp3) is 0.526. The van der Waals surface area contributed by atoms with Crippen LogP contribution in [0.5, 0.6) is 0 Å². The van der Waals surface area contributed by atoms with Gasteiger partial charge >= 0.3 is 0 Å². The first-order chi connectivity index (χ1) is 13.6. The Labute approximate surface area is 165 Å². The highest BCUT2D eigenvalue weighted by molar-refractivity contribution is 7.25. The molecule has 3 aromatic heterocycles. The molecular weight excluding hydrogens is 376 g/mol. The molecule has 8 nitrogen and oxygen atoms in total. The maximum Gasteiger partial charge on any atom is 0.288 e. The number of aryl methyl sites for hydroxylation is 1. The third-order valence-electron chi connectivity index (χ3n) is 5.75. The molecule has 1 fully saturated rings. The van der Waals surface area contributed by atoms with E-state index in [0.29, 0.717) is 10.2 Å². The molecule has 28 heavy (non-hydrogen) atoms. The maximum atomic E-state index is 12.8. The standard InChI is InChI=1S/C19H22N6O2S/c20-13(26)10-25-19(27)16-15(22-23-25)14-11-6-2-3-7-12(11)17(21-18(14)28-16)24-8-4-1-5-9-24/h1-10H2,(H2,20,26). The molecule has 0 unspecified atom stereocenters. The molecule has 0 aromatic carbocycles. The van der Waals surface area contributed by atoms with E-state index in [9.17, 15) is 9.59 Å². The first kappa shape index (κ1) is 17.5. The van der Waals surface area contributed by atoms with E-state index >= 15 is 0 Å². The summed E-state index contributed by atoms with van der Waals surface area (Å²) in [6.07, 6.45) is 7.98. The highest BCUT2D eigenvalue weighted by Gasteiger charge is 2.26. The number of nitrogens with zero attached hydrogens (tertiary/aromatic N) is 5. The average Bonchev–Trinajstić information content (AvgIpc) is 3.09. The van der Waals surface area contributed by atoms with Gasteiger partial charge in [-0.15, -0.1) is 16.4 Å². The highest BCUT2D eigenvalue weighted by atomic mass is 32.1. The van der Waals surface area contributed by atoms with Gasteiger partial charge in [-0.1, -0.05) is 5.21 Å². The first-order valence-corrected chi connectivity index (χ1v) is 10.7. The van der Waals surface area contributed by atoms with Crippen LogP contribution in [-0.2, 0) is 24.2 Å². The van der Waals surface area contributed by atoms with Crippen LogP contribution in [0.4, 0.5) is 5.82 Å². The van der Waals surface area contributed by atoms with Crippen molar-refractivity contribution in [1.29, 1.82) is 0 Å². The number of aromatic nitrogens is 4. The summed E-state index contributed by atoms with van der Waals surface area (Å²) in [6, 6.07) is 0. The van der Waals surface area contributed by atoms with E-state index in [4.69, 9.17) is 10.7 Å². The van der Waals surface area contributed by atoms with Crippen molar-refractivity contribution in [3.05, 3.63) is 21.5 Å². The molecular formula is C19H22N6O2S. The van der Waals surface area contributed by atoms with Crippen LogP contribution in [0, 0.1) is 0 Å². The van der Waals surface area contributed by atoms with Crippen LogP contribution in [0.3, 0.4) is 0 Å². The van der Waals surface area contributed by atoms with Crippen molar-refractivity contribution in [3.8, 4) is 0 Å². The number of thiophene rings is 1. The summed E-state index contributed by atoms with van der Waals surface area (Å²) in [5.74, 6) is 0.485. The van der Waals surface area contributed by atoms with E-state index in [0.717, 1.165) is 53.1 Å². The number of amides is 1. The molecule has 3 aromatic rings. The summed E-state index contributed by atoms with van der Waals surface area (Å²) in [5.41, 5.74) is 8.12. The number of fused-ring (bicyclic) bond motifs is 5. The molecule has 4 heterocycles. The number of hydrogen-bond acceptors (Lipinski definition) is 7. The lowest BCUT2D eigenvalue weighted by Gasteiger charge is -2.31. The summed E-state index contributed by atoms with van der Waals surface area (Å²) in [7, 11) is 0. The van der Waals surface area contributed by atoms with Gasteiger partial charge in [-0.2, -0.15) is 0 Å². The van der Waals surface area contributed by atoms with Crippen molar-refractivity contribution in [2.75, 3.05) is 18.0 Å². The third kappa shape index (κ3) is 2.76. The molecule has 1 aliphatic heterocycles. The number of nitrogens with two attached hydrogens (primary N) is 1. The number of rotatable bonds is 3. The Kier molecular flexibility index (Phi) is 4.26. The van der Waals surface area contributed by atoms with Crippen LogP contribution in [0.25, 0.3) is 20.4 Å². The molecule has 0 spiro atoms. The molecule has 2 N–H and O–H groups in total. The predicted octanol–water partition coefficient (Wildman–Crippen LogP) is 1.76. The van der Waals surface area contributed by atoms with Crippen molar-refractivity contribution in [2.45, 2.75) is 51.5 Å². The van der Waals surface area contributed by atoms with Gasteiger partial charge in [-0.05, 0) is 56.1 Å².